The van der Waals surface area contributed by atoms with Gasteiger partial charge in [0.1, 0.15) is 0 Å². The fourth-order valence-electron chi connectivity index (χ4n) is 2.51. The van der Waals surface area contributed by atoms with Crippen molar-refractivity contribution in [1.82, 2.24) is 5.32 Å². The molecule has 0 spiro atoms. The molecule has 2 rings (SSSR count). The molecule has 2 nitrogen and oxygen atoms in total. The molecule has 0 radical (unpaired) electrons. The highest BCUT2D eigenvalue weighted by atomic mass is 16.5. The molecular weight excluding hydrogens is 186 g/mol. The summed E-state index contributed by atoms with van der Waals surface area (Å²) in [4.78, 5) is 0. The van der Waals surface area contributed by atoms with Crippen LogP contribution in [0.2, 0.25) is 0 Å². The zero-order valence-electron chi connectivity index (χ0n) is 9.63. The maximum absolute atomic E-state index is 5.45. The molecule has 0 amide bonds. The van der Waals surface area contributed by atoms with E-state index in [4.69, 9.17) is 4.74 Å². The SMILES string of the molecule is C1=C(CCNC2CCCOCC2)CCC1. The number of ether oxygens (including phenoxy) is 1. The predicted molar refractivity (Wildman–Crippen MR) is 63.0 cm³/mol. The Hall–Kier alpha value is -0.340. The van der Waals surface area contributed by atoms with Crippen molar-refractivity contribution in [1.29, 1.82) is 0 Å². The Morgan fingerprint density at radius 2 is 2.27 bits per heavy atom. The van der Waals surface area contributed by atoms with Crippen molar-refractivity contribution in [3.05, 3.63) is 11.6 Å². The Labute approximate surface area is 93.1 Å². The van der Waals surface area contributed by atoms with Gasteiger partial charge in [-0.25, -0.2) is 0 Å². The molecule has 0 saturated carbocycles. The Bertz CT molecular complexity index is 205. The van der Waals surface area contributed by atoms with E-state index in [9.17, 15) is 0 Å². The second-order valence-corrected chi connectivity index (χ2v) is 4.70. The first-order chi connectivity index (χ1) is 7.45. The molecule has 86 valence electrons. The molecule has 2 aliphatic rings. The van der Waals surface area contributed by atoms with E-state index in [1.54, 1.807) is 5.57 Å². The van der Waals surface area contributed by atoms with Crippen molar-refractivity contribution in [2.24, 2.45) is 0 Å². The lowest BCUT2D eigenvalue weighted by atomic mass is 10.1. The van der Waals surface area contributed by atoms with E-state index in [1.165, 1.54) is 44.9 Å². The summed E-state index contributed by atoms with van der Waals surface area (Å²) in [6.07, 6.45) is 11.4. The summed E-state index contributed by atoms with van der Waals surface area (Å²) in [7, 11) is 0. The van der Waals surface area contributed by atoms with Gasteiger partial charge < -0.3 is 10.1 Å². The summed E-state index contributed by atoms with van der Waals surface area (Å²) in [5, 5.41) is 3.67. The van der Waals surface area contributed by atoms with Crippen LogP contribution in [-0.2, 0) is 4.74 Å². The zero-order valence-corrected chi connectivity index (χ0v) is 9.63. The van der Waals surface area contributed by atoms with E-state index in [0.717, 1.165) is 19.8 Å². The van der Waals surface area contributed by atoms with Crippen molar-refractivity contribution in [3.8, 4) is 0 Å². The highest BCUT2D eigenvalue weighted by Gasteiger charge is 2.11. The van der Waals surface area contributed by atoms with E-state index in [1.807, 2.05) is 0 Å². The highest BCUT2D eigenvalue weighted by Crippen LogP contribution is 2.20. The lowest BCUT2D eigenvalue weighted by Gasteiger charge is -2.15. The van der Waals surface area contributed by atoms with Gasteiger partial charge in [-0.05, 0) is 51.5 Å². The van der Waals surface area contributed by atoms with Crippen molar-refractivity contribution >= 4 is 0 Å². The number of hydrogen-bond acceptors (Lipinski definition) is 2. The predicted octanol–water partition coefficient (Wildman–Crippen LogP) is 2.65. The lowest BCUT2D eigenvalue weighted by Crippen LogP contribution is -2.30. The van der Waals surface area contributed by atoms with Crippen LogP contribution in [0.15, 0.2) is 11.6 Å². The summed E-state index contributed by atoms with van der Waals surface area (Å²) in [6, 6.07) is 0.703. The average Bonchev–Trinajstić information content (AvgIpc) is 2.62. The third-order valence-electron chi connectivity index (χ3n) is 3.47. The fourth-order valence-corrected chi connectivity index (χ4v) is 2.51. The summed E-state index contributed by atoms with van der Waals surface area (Å²) >= 11 is 0. The quantitative estimate of drug-likeness (QED) is 0.719. The molecular formula is C13H23NO. The van der Waals surface area contributed by atoms with Crippen LogP contribution in [0.1, 0.15) is 44.9 Å². The lowest BCUT2D eigenvalue weighted by molar-refractivity contribution is 0.142. The fraction of sp³-hybridized carbons (Fsp3) is 0.846. The van der Waals surface area contributed by atoms with E-state index in [0.29, 0.717) is 6.04 Å². The van der Waals surface area contributed by atoms with Gasteiger partial charge in [0.2, 0.25) is 0 Å². The molecule has 0 aromatic carbocycles. The monoisotopic (exact) mass is 209 g/mol. The highest BCUT2D eigenvalue weighted by molar-refractivity contribution is 5.07. The van der Waals surface area contributed by atoms with Crippen molar-refractivity contribution in [2.75, 3.05) is 19.8 Å². The van der Waals surface area contributed by atoms with Gasteiger partial charge in [0, 0.05) is 19.3 Å². The third-order valence-corrected chi connectivity index (χ3v) is 3.47. The normalized spacial score (nSPS) is 27.5. The molecule has 0 bridgehead atoms. The van der Waals surface area contributed by atoms with Crippen molar-refractivity contribution < 1.29 is 4.74 Å². The topological polar surface area (TPSA) is 21.3 Å². The second-order valence-electron chi connectivity index (χ2n) is 4.70. The number of nitrogens with one attached hydrogen (secondary N) is 1. The standard InChI is InChI=1S/C13H23NO/c1-2-5-12(4-1)7-9-14-13-6-3-10-15-11-8-13/h4,13-14H,1-3,5-11H2. The molecule has 1 heterocycles. The molecule has 15 heavy (non-hydrogen) atoms. The van der Waals surface area contributed by atoms with Gasteiger partial charge >= 0.3 is 0 Å². The van der Waals surface area contributed by atoms with Gasteiger partial charge in [0.25, 0.3) is 0 Å². The molecule has 1 N–H and O–H groups in total. The summed E-state index contributed by atoms with van der Waals surface area (Å²) in [5.41, 5.74) is 1.67. The first-order valence-corrected chi connectivity index (χ1v) is 6.44. The molecule has 1 atom stereocenters. The van der Waals surface area contributed by atoms with Crippen LogP contribution < -0.4 is 5.32 Å². The number of allylic oxidation sites excluding steroid dienone is 1. The molecule has 1 fully saturated rings. The minimum absolute atomic E-state index is 0.703. The van der Waals surface area contributed by atoms with Crippen LogP contribution in [0.4, 0.5) is 0 Å². The summed E-state index contributed by atoms with van der Waals surface area (Å²) in [6.45, 7) is 3.07. The minimum atomic E-state index is 0.703. The zero-order chi connectivity index (χ0) is 10.3. The Morgan fingerprint density at radius 1 is 1.27 bits per heavy atom. The Balaban J connectivity index is 1.59. The van der Waals surface area contributed by atoms with Gasteiger partial charge in [-0.3, -0.25) is 0 Å². The molecule has 1 aliphatic heterocycles. The molecule has 1 saturated heterocycles. The molecule has 1 unspecified atom stereocenters. The Morgan fingerprint density at radius 3 is 3.13 bits per heavy atom. The average molecular weight is 209 g/mol. The largest absolute Gasteiger partial charge is 0.381 e. The third kappa shape index (κ3) is 3.96. The van der Waals surface area contributed by atoms with Crippen LogP contribution in [0.3, 0.4) is 0 Å². The van der Waals surface area contributed by atoms with E-state index < -0.39 is 0 Å². The molecule has 1 aliphatic carbocycles. The van der Waals surface area contributed by atoms with Gasteiger partial charge in [-0.2, -0.15) is 0 Å². The van der Waals surface area contributed by atoms with Gasteiger partial charge in [0.05, 0.1) is 0 Å². The molecule has 0 aromatic rings. The van der Waals surface area contributed by atoms with E-state index in [2.05, 4.69) is 11.4 Å². The first kappa shape index (κ1) is 11.2. The van der Waals surface area contributed by atoms with E-state index >= 15 is 0 Å². The van der Waals surface area contributed by atoms with Crippen molar-refractivity contribution in [2.45, 2.75) is 51.0 Å². The maximum Gasteiger partial charge on any atom is 0.0480 e. The first-order valence-electron chi connectivity index (χ1n) is 6.44. The van der Waals surface area contributed by atoms with Gasteiger partial charge in [-0.15, -0.1) is 0 Å². The van der Waals surface area contributed by atoms with Gasteiger partial charge in [0.15, 0.2) is 0 Å². The number of hydrogen-bond donors (Lipinski definition) is 1. The Kier molecular flexibility index (Phi) is 4.68. The van der Waals surface area contributed by atoms with Crippen LogP contribution in [0, 0.1) is 0 Å². The van der Waals surface area contributed by atoms with E-state index in [-0.39, 0.29) is 0 Å². The van der Waals surface area contributed by atoms with Gasteiger partial charge in [-0.1, -0.05) is 11.6 Å². The minimum Gasteiger partial charge on any atom is -0.381 e. The molecule has 0 aromatic heterocycles. The molecule has 2 heteroatoms. The summed E-state index contributed by atoms with van der Waals surface area (Å²) in [5.74, 6) is 0. The second kappa shape index (κ2) is 6.29. The van der Waals surface area contributed by atoms with Crippen LogP contribution in [0.5, 0.6) is 0 Å². The van der Waals surface area contributed by atoms with Crippen LogP contribution in [-0.4, -0.2) is 25.8 Å². The van der Waals surface area contributed by atoms with Crippen LogP contribution >= 0.6 is 0 Å². The maximum atomic E-state index is 5.45. The van der Waals surface area contributed by atoms with Crippen molar-refractivity contribution in [3.63, 3.8) is 0 Å². The van der Waals surface area contributed by atoms with Crippen LogP contribution in [0.25, 0.3) is 0 Å². The number of rotatable bonds is 4. The smallest absolute Gasteiger partial charge is 0.0480 e. The summed E-state index contributed by atoms with van der Waals surface area (Å²) < 4.78 is 5.45.